The minimum absolute atomic E-state index is 0.142. The van der Waals surface area contributed by atoms with Crippen LogP contribution < -0.4 is 11.0 Å². The van der Waals surface area contributed by atoms with E-state index in [1.807, 2.05) is 30.3 Å². The van der Waals surface area contributed by atoms with Gasteiger partial charge >= 0.3 is 0 Å². The Kier molecular flexibility index (Phi) is 3.54. The standard InChI is InChI=1S/C13H13N3O2/c14-13(15-18)11-6-7-12(17)16(9-11)8-10-4-2-1-3-5-10/h1-7,9,18H,8H2,(H2,14,15). The molecule has 1 heterocycles. The molecule has 2 rings (SSSR count). The summed E-state index contributed by atoms with van der Waals surface area (Å²) >= 11 is 0. The summed E-state index contributed by atoms with van der Waals surface area (Å²) in [5.74, 6) is -0.142. The molecule has 0 unspecified atom stereocenters. The molecule has 3 N–H and O–H groups in total. The van der Waals surface area contributed by atoms with Gasteiger partial charge < -0.3 is 4.57 Å². The first-order valence-electron chi connectivity index (χ1n) is 5.44. The number of aromatic nitrogens is 1. The van der Waals surface area contributed by atoms with Crippen LogP contribution in [-0.2, 0) is 6.54 Å². The van der Waals surface area contributed by atoms with Gasteiger partial charge in [-0.2, -0.15) is 0 Å². The highest BCUT2D eigenvalue weighted by atomic mass is 16.5. The SMILES string of the molecule is N=C(NO)c1ccc(=O)n(Cc2ccccc2)c1. The van der Waals surface area contributed by atoms with E-state index >= 15 is 0 Å². The summed E-state index contributed by atoms with van der Waals surface area (Å²) < 4.78 is 1.50. The Labute approximate surface area is 104 Å². The molecule has 0 amide bonds. The summed E-state index contributed by atoms with van der Waals surface area (Å²) in [6, 6.07) is 12.4. The maximum absolute atomic E-state index is 11.7. The van der Waals surface area contributed by atoms with E-state index in [9.17, 15) is 4.79 Å². The van der Waals surface area contributed by atoms with Crippen LogP contribution in [0.4, 0.5) is 0 Å². The van der Waals surface area contributed by atoms with Gasteiger partial charge in [0.05, 0.1) is 6.54 Å². The minimum atomic E-state index is -0.145. The molecule has 0 saturated carbocycles. The van der Waals surface area contributed by atoms with Gasteiger partial charge in [-0.05, 0) is 11.6 Å². The number of benzene rings is 1. The van der Waals surface area contributed by atoms with E-state index in [0.717, 1.165) is 5.56 Å². The van der Waals surface area contributed by atoms with Gasteiger partial charge in [0.2, 0.25) is 0 Å². The number of nitrogens with zero attached hydrogens (tertiary/aromatic N) is 1. The molecule has 1 aromatic carbocycles. The topological polar surface area (TPSA) is 78.1 Å². The molecule has 0 aliphatic rings. The number of hydrogen-bond donors (Lipinski definition) is 3. The van der Waals surface area contributed by atoms with E-state index in [0.29, 0.717) is 12.1 Å². The molecule has 5 nitrogen and oxygen atoms in total. The molecular formula is C13H13N3O2. The summed E-state index contributed by atoms with van der Waals surface area (Å²) in [6.45, 7) is 0.437. The third-order valence-electron chi connectivity index (χ3n) is 2.58. The van der Waals surface area contributed by atoms with E-state index in [4.69, 9.17) is 10.6 Å². The molecule has 0 atom stereocenters. The van der Waals surface area contributed by atoms with Gasteiger partial charge in [0.25, 0.3) is 5.56 Å². The lowest BCUT2D eigenvalue weighted by atomic mass is 10.2. The number of nitrogens with one attached hydrogen (secondary N) is 2. The Morgan fingerprint density at radius 2 is 1.94 bits per heavy atom. The van der Waals surface area contributed by atoms with Gasteiger partial charge in [-0.15, -0.1) is 0 Å². The lowest BCUT2D eigenvalue weighted by molar-refractivity contribution is 0.234. The normalized spacial score (nSPS) is 10.1. The van der Waals surface area contributed by atoms with Crippen LogP contribution in [0, 0.1) is 5.41 Å². The van der Waals surface area contributed by atoms with Crippen molar-refractivity contribution in [2.75, 3.05) is 0 Å². The largest absolute Gasteiger partial charge is 0.310 e. The van der Waals surface area contributed by atoms with E-state index in [1.54, 1.807) is 11.7 Å². The summed E-state index contributed by atoms with van der Waals surface area (Å²) in [6.07, 6.45) is 1.54. The first kappa shape index (κ1) is 12.1. The van der Waals surface area contributed by atoms with Gasteiger partial charge in [0.1, 0.15) is 0 Å². The molecule has 0 fully saturated rings. The van der Waals surface area contributed by atoms with Crippen LogP contribution in [0.3, 0.4) is 0 Å². The zero-order valence-electron chi connectivity index (χ0n) is 9.63. The highest BCUT2D eigenvalue weighted by Crippen LogP contribution is 2.02. The second kappa shape index (κ2) is 5.29. The fourth-order valence-corrected chi connectivity index (χ4v) is 1.65. The molecule has 0 radical (unpaired) electrons. The number of hydrogen-bond acceptors (Lipinski definition) is 3. The monoisotopic (exact) mass is 243 g/mol. The molecule has 5 heteroatoms. The van der Waals surface area contributed by atoms with Crippen LogP contribution >= 0.6 is 0 Å². The highest BCUT2D eigenvalue weighted by molar-refractivity contribution is 5.95. The van der Waals surface area contributed by atoms with Crippen LogP contribution in [0.1, 0.15) is 11.1 Å². The van der Waals surface area contributed by atoms with Crippen LogP contribution in [0.15, 0.2) is 53.5 Å². The molecule has 2 aromatic rings. The van der Waals surface area contributed by atoms with E-state index in [2.05, 4.69) is 0 Å². The van der Waals surface area contributed by atoms with Crippen LogP contribution in [0.5, 0.6) is 0 Å². The predicted octanol–water partition coefficient (Wildman–Crippen LogP) is 1.20. The molecule has 18 heavy (non-hydrogen) atoms. The highest BCUT2D eigenvalue weighted by Gasteiger charge is 2.03. The fourth-order valence-electron chi connectivity index (χ4n) is 1.65. The lowest BCUT2D eigenvalue weighted by Crippen LogP contribution is -2.24. The van der Waals surface area contributed by atoms with E-state index in [-0.39, 0.29) is 11.4 Å². The Bertz CT molecular complexity index is 605. The summed E-state index contributed by atoms with van der Waals surface area (Å²) in [5.41, 5.74) is 3.07. The molecule has 0 saturated heterocycles. The third-order valence-corrected chi connectivity index (χ3v) is 2.58. The summed E-state index contributed by atoms with van der Waals surface area (Å²) in [7, 11) is 0. The third kappa shape index (κ3) is 2.64. The minimum Gasteiger partial charge on any atom is -0.310 e. The van der Waals surface area contributed by atoms with Crippen molar-refractivity contribution >= 4 is 5.84 Å². The van der Waals surface area contributed by atoms with Crippen molar-refractivity contribution in [3.63, 3.8) is 0 Å². The van der Waals surface area contributed by atoms with Crippen molar-refractivity contribution in [3.8, 4) is 0 Å². The van der Waals surface area contributed by atoms with E-state index < -0.39 is 0 Å². The van der Waals surface area contributed by atoms with Crippen molar-refractivity contribution in [2.45, 2.75) is 6.54 Å². The van der Waals surface area contributed by atoms with Crippen LogP contribution in [-0.4, -0.2) is 15.6 Å². The van der Waals surface area contributed by atoms with Crippen molar-refractivity contribution in [2.24, 2.45) is 0 Å². The van der Waals surface area contributed by atoms with E-state index in [1.165, 1.54) is 16.7 Å². The van der Waals surface area contributed by atoms with Crippen molar-refractivity contribution < 1.29 is 5.21 Å². The Morgan fingerprint density at radius 3 is 2.61 bits per heavy atom. The number of pyridine rings is 1. The predicted molar refractivity (Wildman–Crippen MR) is 68.0 cm³/mol. The number of rotatable bonds is 3. The lowest BCUT2D eigenvalue weighted by Gasteiger charge is -2.08. The van der Waals surface area contributed by atoms with Crippen LogP contribution in [0.2, 0.25) is 0 Å². The van der Waals surface area contributed by atoms with Gasteiger partial charge in [-0.25, -0.2) is 0 Å². The molecule has 1 aromatic heterocycles. The average Bonchev–Trinajstić information content (AvgIpc) is 2.41. The Morgan fingerprint density at radius 1 is 1.22 bits per heavy atom. The smallest absolute Gasteiger partial charge is 0.250 e. The van der Waals surface area contributed by atoms with Gasteiger partial charge in [0, 0.05) is 17.8 Å². The second-order valence-corrected chi connectivity index (χ2v) is 3.86. The summed E-state index contributed by atoms with van der Waals surface area (Å²) in [4.78, 5) is 11.7. The molecule has 92 valence electrons. The van der Waals surface area contributed by atoms with Gasteiger partial charge in [0.15, 0.2) is 5.84 Å². The average molecular weight is 243 g/mol. The second-order valence-electron chi connectivity index (χ2n) is 3.86. The van der Waals surface area contributed by atoms with Crippen molar-refractivity contribution in [1.82, 2.24) is 10.0 Å². The van der Waals surface area contributed by atoms with Crippen molar-refractivity contribution in [1.29, 1.82) is 5.41 Å². The number of amidine groups is 1. The first-order valence-corrected chi connectivity index (χ1v) is 5.44. The maximum atomic E-state index is 11.7. The van der Waals surface area contributed by atoms with Crippen LogP contribution in [0.25, 0.3) is 0 Å². The number of hydroxylamine groups is 1. The zero-order chi connectivity index (χ0) is 13.0. The first-order chi connectivity index (χ1) is 8.70. The van der Waals surface area contributed by atoms with Crippen molar-refractivity contribution in [3.05, 3.63) is 70.1 Å². The fraction of sp³-hybridized carbons (Fsp3) is 0.0769. The zero-order valence-corrected chi connectivity index (χ0v) is 9.63. The quantitative estimate of drug-likeness (QED) is 0.430. The molecular weight excluding hydrogens is 230 g/mol. The van der Waals surface area contributed by atoms with Gasteiger partial charge in [-0.3, -0.25) is 20.9 Å². The molecule has 0 spiro atoms. The Balaban J connectivity index is 2.33. The Hall–Kier alpha value is -2.40. The molecule has 0 bridgehead atoms. The molecule has 0 aliphatic heterocycles. The summed E-state index contributed by atoms with van der Waals surface area (Å²) in [5, 5.41) is 16.1. The maximum Gasteiger partial charge on any atom is 0.250 e. The molecule has 0 aliphatic carbocycles. The van der Waals surface area contributed by atoms with Gasteiger partial charge in [-0.1, -0.05) is 30.3 Å².